The maximum absolute atomic E-state index is 6.32. The van der Waals surface area contributed by atoms with Gasteiger partial charge in [-0.2, -0.15) is 0 Å². The van der Waals surface area contributed by atoms with Crippen LogP contribution in [0.2, 0.25) is 0 Å². The van der Waals surface area contributed by atoms with Gasteiger partial charge in [-0.15, -0.1) is 0 Å². The van der Waals surface area contributed by atoms with E-state index in [9.17, 15) is 0 Å². The van der Waals surface area contributed by atoms with Crippen LogP contribution in [0.1, 0.15) is 42.4 Å². The topological polar surface area (TPSA) is 26.0 Å². The highest BCUT2D eigenvalue weighted by molar-refractivity contribution is 5.31. The zero-order valence-corrected chi connectivity index (χ0v) is 10.5. The fraction of sp³-hybridized carbons (Fsp3) is 0.600. The Labute approximate surface area is 99.0 Å². The molecule has 1 aliphatic carbocycles. The summed E-state index contributed by atoms with van der Waals surface area (Å²) in [5.41, 5.74) is 10.5. The van der Waals surface area contributed by atoms with Crippen LogP contribution in [0, 0.1) is 19.8 Å². The molecule has 88 valence electrons. The number of aryl methyl sites for hydroxylation is 2. The molecule has 2 rings (SSSR count). The lowest BCUT2D eigenvalue weighted by molar-refractivity contribution is 0.429. The summed E-state index contributed by atoms with van der Waals surface area (Å²) in [7, 11) is 0. The lowest BCUT2D eigenvalue weighted by Crippen LogP contribution is -2.30. The Kier molecular flexibility index (Phi) is 3.65. The maximum atomic E-state index is 6.32. The molecule has 16 heavy (non-hydrogen) atoms. The Bertz CT molecular complexity index is 350. The van der Waals surface area contributed by atoms with Gasteiger partial charge < -0.3 is 5.73 Å². The lowest BCUT2D eigenvalue weighted by Gasteiger charge is -2.20. The van der Waals surface area contributed by atoms with Gasteiger partial charge in [0.25, 0.3) is 0 Å². The minimum atomic E-state index is 0.365. The predicted molar refractivity (Wildman–Crippen MR) is 69.6 cm³/mol. The molecule has 0 amide bonds. The molecule has 1 atom stereocenters. The molecule has 1 unspecified atom stereocenters. The third-order valence-electron chi connectivity index (χ3n) is 3.96. The van der Waals surface area contributed by atoms with Gasteiger partial charge in [-0.25, -0.2) is 0 Å². The Morgan fingerprint density at radius 1 is 1.25 bits per heavy atom. The van der Waals surface area contributed by atoms with Crippen molar-refractivity contribution >= 4 is 0 Å². The zero-order valence-electron chi connectivity index (χ0n) is 10.5. The van der Waals surface area contributed by atoms with Gasteiger partial charge in [0.2, 0.25) is 0 Å². The molecule has 0 aliphatic heterocycles. The highest BCUT2D eigenvalue weighted by Crippen LogP contribution is 2.28. The molecule has 1 nitrogen and oxygen atoms in total. The average Bonchev–Trinajstić information content (AvgIpc) is 2.75. The van der Waals surface area contributed by atoms with Crippen LogP contribution in [-0.4, -0.2) is 6.04 Å². The van der Waals surface area contributed by atoms with Gasteiger partial charge in [0.1, 0.15) is 0 Å². The molecule has 1 aliphatic rings. The van der Waals surface area contributed by atoms with E-state index in [1.807, 2.05) is 0 Å². The van der Waals surface area contributed by atoms with Crippen molar-refractivity contribution in [1.29, 1.82) is 0 Å². The maximum Gasteiger partial charge on any atom is 0.0108 e. The van der Waals surface area contributed by atoms with Crippen molar-refractivity contribution in [3.05, 3.63) is 34.9 Å². The van der Waals surface area contributed by atoms with E-state index in [0.29, 0.717) is 6.04 Å². The second kappa shape index (κ2) is 5.01. The van der Waals surface area contributed by atoms with Crippen molar-refractivity contribution in [2.75, 3.05) is 0 Å². The van der Waals surface area contributed by atoms with Gasteiger partial charge >= 0.3 is 0 Å². The highest BCUT2D eigenvalue weighted by Gasteiger charge is 2.22. The SMILES string of the molecule is Cc1ccc(CC(N)C2CCCC2)c(C)c1. The molecule has 0 heterocycles. The summed E-state index contributed by atoms with van der Waals surface area (Å²) in [6.07, 6.45) is 6.49. The molecule has 1 aromatic rings. The first kappa shape index (κ1) is 11.7. The smallest absolute Gasteiger partial charge is 0.0108 e. The van der Waals surface area contributed by atoms with Gasteiger partial charge in [-0.05, 0) is 50.2 Å². The Morgan fingerprint density at radius 2 is 1.94 bits per heavy atom. The number of rotatable bonds is 3. The first-order valence-corrected chi connectivity index (χ1v) is 6.48. The number of nitrogens with two attached hydrogens (primary N) is 1. The van der Waals surface area contributed by atoms with Crippen molar-refractivity contribution in [1.82, 2.24) is 0 Å². The quantitative estimate of drug-likeness (QED) is 0.825. The molecule has 0 bridgehead atoms. The Morgan fingerprint density at radius 3 is 2.56 bits per heavy atom. The van der Waals surface area contributed by atoms with Crippen molar-refractivity contribution in [3.63, 3.8) is 0 Å². The van der Waals surface area contributed by atoms with Crippen LogP contribution in [0.25, 0.3) is 0 Å². The highest BCUT2D eigenvalue weighted by atomic mass is 14.7. The third kappa shape index (κ3) is 2.65. The van der Waals surface area contributed by atoms with Crippen molar-refractivity contribution in [3.8, 4) is 0 Å². The normalized spacial score (nSPS) is 18.9. The van der Waals surface area contributed by atoms with Gasteiger partial charge in [0.05, 0.1) is 0 Å². The van der Waals surface area contributed by atoms with Gasteiger partial charge in [0, 0.05) is 6.04 Å². The van der Waals surface area contributed by atoms with Crippen LogP contribution in [0.5, 0.6) is 0 Å². The van der Waals surface area contributed by atoms with Crippen LogP contribution < -0.4 is 5.73 Å². The monoisotopic (exact) mass is 217 g/mol. The minimum Gasteiger partial charge on any atom is -0.327 e. The van der Waals surface area contributed by atoms with Crippen LogP contribution in [0.4, 0.5) is 0 Å². The van der Waals surface area contributed by atoms with Gasteiger partial charge in [0.15, 0.2) is 0 Å². The van der Waals surface area contributed by atoms with E-state index in [-0.39, 0.29) is 0 Å². The van der Waals surface area contributed by atoms with E-state index in [2.05, 4.69) is 32.0 Å². The van der Waals surface area contributed by atoms with Gasteiger partial charge in [-0.3, -0.25) is 0 Å². The molecule has 2 N–H and O–H groups in total. The molecular formula is C15H23N. The third-order valence-corrected chi connectivity index (χ3v) is 3.96. The van der Waals surface area contributed by atoms with E-state index >= 15 is 0 Å². The van der Waals surface area contributed by atoms with Crippen LogP contribution in [0.15, 0.2) is 18.2 Å². The molecule has 0 saturated heterocycles. The molecule has 0 radical (unpaired) electrons. The molecule has 1 fully saturated rings. The molecule has 1 aromatic carbocycles. The Balaban J connectivity index is 2.02. The van der Waals surface area contributed by atoms with Crippen molar-refractivity contribution < 1.29 is 0 Å². The molecule has 0 spiro atoms. The summed E-state index contributed by atoms with van der Waals surface area (Å²) >= 11 is 0. The van der Waals surface area contributed by atoms with E-state index in [4.69, 9.17) is 5.73 Å². The van der Waals surface area contributed by atoms with E-state index in [1.165, 1.54) is 42.4 Å². The number of hydrogen-bond donors (Lipinski definition) is 1. The van der Waals surface area contributed by atoms with Crippen molar-refractivity contribution in [2.24, 2.45) is 11.7 Å². The molecular weight excluding hydrogens is 194 g/mol. The zero-order chi connectivity index (χ0) is 11.5. The summed E-state index contributed by atoms with van der Waals surface area (Å²) in [5.74, 6) is 0.765. The number of benzene rings is 1. The van der Waals surface area contributed by atoms with Crippen molar-refractivity contribution in [2.45, 2.75) is 52.0 Å². The largest absolute Gasteiger partial charge is 0.327 e. The van der Waals surface area contributed by atoms with E-state index in [1.54, 1.807) is 0 Å². The molecule has 1 saturated carbocycles. The molecule has 1 heteroatoms. The lowest BCUT2D eigenvalue weighted by atomic mass is 9.91. The van der Waals surface area contributed by atoms with Crippen LogP contribution in [-0.2, 0) is 6.42 Å². The first-order valence-electron chi connectivity index (χ1n) is 6.48. The van der Waals surface area contributed by atoms with E-state index in [0.717, 1.165) is 12.3 Å². The van der Waals surface area contributed by atoms with Gasteiger partial charge in [-0.1, -0.05) is 36.6 Å². The first-order chi connectivity index (χ1) is 7.66. The van der Waals surface area contributed by atoms with E-state index < -0.39 is 0 Å². The molecule has 0 aromatic heterocycles. The number of hydrogen-bond acceptors (Lipinski definition) is 1. The Hall–Kier alpha value is -0.820. The predicted octanol–water partition coefficient (Wildman–Crippen LogP) is 3.36. The van der Waals surface area contributed by atoms with Crippen LogP contribution >= 0.6 is 0 Å². The summed E-state index contributed by atoms with van der Waals surface area (Å²) in [6.45, 7) is 4.34. The van der Waals surface area contributed by atoms with Crippen LogP contribution in [0.3, 0.4) is 0 Å². The summed E-state index contributed by atoms with van der Waals surface area (Å²) < 4.78 is 0. The second-order valence-corrected chi connectivity index (χ2v) is 5.34. The summed E-state index contributed by atoms with van der Waals surface area (Å²) in [4.78, 5) is 0. The standard InChI is InChI=1S/C15H23N/c1-11-7-8-14(12(2)9-11)10-15(16)13-5-3-4-6-13/h7-9,13,15H,3-6,10,16H2,1-2H3. The fourth-order valence-corrected chi connectivity index (χ4v) is 2.88. The second-order valence-electron chi connectivity index (χ2n) is 5.34. The summed E-state index contributed by atoms with van der Waals surface area (Å²) in [5, 5.41) is 0. The average molecular weight is 217 g/mol. The fourth-order valence-electron chi connectivity index (χ4n) is 2.88. The minimum absolute atomic E-state index is 0.365. The summed E-state index contributed by atoms with van der Waals surface area (Å²) in [6, 6.07) is 7.07.